The van der Waals surface area contributed by atoms with Crippen LogP contribution >= 0.6 is 11.3 Å². The Morgan fingerprint density at radius 1 is 0.562 bits per heavy atom. The Labute approximate surface area is 196 Å². The normalized spacial score (nSPS) is 12.2. The van der Waals surface area contributed by atoms with Crippen molar-refractivity contribution in [3.05, 3.63) is 109 Å². The molecule has 0 aliphatic carbocycles. The van der Waals surface area contributed by atoms with Crippen LogP contribution < -0.4 is 25.4 Å². The van der Waals surface area contributed by atoms with Gasteiger partial charge in [-0.05, 0) is 27.7 Å². The zero-order chi connectivity index (χ0) is 22.2. The second-order valence-corrected chi connectivity index (χ2v) is 19.5. The van der Waals surface area contributed by atoms with Crippen molar-refractivity contribution in [1.82, 2.24) is 4.98 Å². The topological polar surface area (TPSA) is 12.9 Å². The summed E-state index contributed by atoms with van der Waals surface area (Å²) >= 11 is 1.89. The lowest BCUT2D eigenvalue weighted by atomic mass is 10.3. The van der Waals surface area contributed by atoms with Gasteiger partial charge in [0.25, 0.3) is 0 Å². The fourth-order valence-corrected chi connectivity index (χ4v) is 12.6. The first-order valence-electron chi connectivity index (χ1n) is 11.1. The second-order valence-electron chi connectivity index (χ2n) is 9.30. The highest BCUT2D eigenvalue weighted by Crippen LogP contribution is 2.20. The van der Waals surface area contributed by atoms with Crippen molar-refractivity contribution in [2.24, 2.45) is 0 Å². The molecule has 0 unspecified atom stereocenters. The average molecular weight is 466 g/mol. The Bertz CT molecular complexity index is 1240. The van der Waals surface area contributed by atoms with E-state index in [1.165, 1.54) is 30.1 Å². The molecule has 0 aliphatic rings. The minimum absolute atomic E-state index is 1.12. The summed E-state index contributed by atoms with van der Waals surface area (Å²) < 4.78 is 2.56. The fraction of sp³-hybridized carbons (Fsp3) is 0.107. The molecule has 0 N–H and O–H groups in total. The average Bonchev–Trinajstić information content (AvgIpc) is 3.25. The van der Waals surface area contributed by atoms with Crippen molar-refractivity contribution >= 4 is 63.1 Å². The van der Waals surface area contributed by atoms with Gasteiger partial charge in [-0.15, -0.1) is 11.3 Å². The van der Waals surface area contributed by atoms with Gasteiger partial charge < -0.3 is 0 Å². The van der Waals surface area contributed by atoms with Crippen molar-refractivity contribution in [2.75, 3.05) is 0 Å². The smallest absolute Gasteiger partial charge is 0.215 e. The molecule has 0 fully saturated rings. The molecule has 0 radical (unpaired) electrons. The van der Waals surface area contributed by atoms with Gasteiger partial charge in [-0.2, -0.15) is 0 Å². The molecule has 5 rings (SSSR count). The Balaban J connectivity index is 1.86. The van der Waals surface area contributed by atoms with Gasteiger partial charge in [0.2, 0.25) is 8.07 Å². The van der Waals surface area contributed by atoms with Crippen LogP contribution in [0.15, 0.2) is 109 Å². The zero-order valence-corrected chi connectivity index (χ0v) is 21.6. The van der Waals surface area contributed by atoms with Gasteiger partial charge in [-0.25, -0.2) is 4.98 Å². The van der Waals surface area contributed by atoms with Crippen molar-refractivity contribution in [2.45, 2.75) is 19.6 Å². The van der Waals surface area contributed by atoms with E-state index in [4.69, 9.17) is 4.98 Å². The van der Waals surface area contributed by atoms with Gasteiger partial charge in [0.15, 0.2) is 0 Å². The van der Waals surface area contributed by atoms with E-state index in [1.807, 2.05) is 11.3 Å². The van der Waals surface area contributed by atoms with Crippen LogP contribution in [0.5, 0.6) is 0 Å². The highest BCUT2D eigenvalue weighted by molar-refractivity contribution is 7.38. The van der Waals surface area contributed by atoms with Gasteiger partial charge in [0, 0.05) is 0 Å². The molecule has 0 bridgehead atoms. The van der Waals surface area contributed by atoms with Crippen LogP contribution in [0.3, 0.4) is 0 Å². The molecule has 4 heteroatoms. The van der Waals surface area contributed by atoms with Crippen LogP contribution in [0, 0.1) is 0 Å². The molecule has 5 aromatic rings. The maximum atomic E-state index is 5.33. The molecule has 1 nitrogen and oxygen atoms in total. The number of hydrogen-bond donors (Lipinski definition) is 0. The van der Waals surface area contributed by atoms with E-state index < -0.39 is 16.1 Å². The van der Waals surface area contributed by atoms with Crippen LogP contribution in [0.25, 0.3) is 10.2 Å². The molecule has 0 saturated heterocycles. The summed E-state index contributed by atoms with van der Waals surface area (Å²) in [6.07, 6.45) is 0. The molecule has 158 valence electrons. The number of benzene rings is 4. The lowest BCUT2D eigenvalue weighted by Crippen LogP contribution is -2.74. The van der Waals surface area contributed by atoms with E-state index in [2.05, 4.69) is 129 Å². The van der Waals surface area contributed by atoms with E-state index in [0.29, 0.717) is 0 Å². The number of hydrogen-bond acceptors (Lipinski definition) is 2. The summed E-state index contributed by atoms with van der Waals surface area (Å²) in [5, 5.41) is 5.62. The van der Waals surface area contributed by atoms with Crippen molar-refractivity contribution < 1.29 is 0 Å². The SMILES string of the molecule is C[Si](C)(C)c1ccc2nc([Si](c3ccccc3)(c3ccccc3)c3ccccc3)sc2c1. The lowest BCUT2D eigenvalue weighted by Gasteiger charge is -2.31. The predicted octanol–water partition coefficient (Wildman–Crippen LogP) is 4.22. The molecule has 1 aromatic heterocycles. The van der Waals surface area contributed by atoms with Gasteiger partial charge in [0.1, 0.15) is 0 Å². The molecule has 0 atom stereocenters. The van der Waals surface area contributed by atoms with Gasteiger partial charge in [-0.1, -0.05) is 122 Å². The maximum Gasteiger partial charge on any atom is 0.215 e. The maximum absolute atomic E-state index is 5.33. The molecule has 0 amide bonds. The molecule has 1 heterocycles. The second kappa shape index (κ2) is 8.28. The zero-order valence-electron chi connectivity index (χ0n) is 18.7. The third-order valence-corrected chi connectivity index (χ3v) is 14.6. The number of nitrogens with zero attached hydrogens (tertiary/aromatic N) is 1. The van der Waals surface area contributed by atoms with E-state index >= 15 is 0 Å². The van der Waals surface area contributed by atoms with Gasteiger partial charge >= 0.3 is 0 Å². The summed E-state index contributed by atoms with van der Waals surface area (Å²) in [5.41, 5.74) is 1.12. The quantitative estimate of drug-likeness (QED) is 0.280. The Kier molecular flexibility index (Phi) is 5.45. The first kappa shape index (κ1) is 21.1. The minimum Gasteiger partial charge on any atom is -0.245 e. The number of rotatable bonds is 5. The van der Waals surface area contributed by atoms with Crippen molar-refractivity contribution in [1.29, 1.82) is 0 Å². The van der Waals surface area contributed by atoms with E-state index in [9.17, 15) is 0 Å². The Morgan fingerprint density at radius 2 is 1.03 bits per heavy atom. The van der Waals surface area contributed by atoms with Crippen molar-refractivity contribution in [3.8, 4) is 0 Å². The number of fused-ring (bicyclic) bond motifs is 1. The van der Waals surface area contributed by atoms with E-state index in [0.717, 1.165) is 5.52 Å². The molecule has 4 aromatic carbocycles. The fourth-order valence-electron chi connectivity index (χ4n) is 4.49. The van der Waals surface area contributed by atoms with Crippen molar-refractivity contribution in [3.63, 3.8) is 0 Å². The first-order chi connectivity index (χ1) is 15.5. The Hall–Kier alpha value is -2.80. The first-order valence-corrected chi connectivity index (χ1v) is 17.4. The van der Waals surface area contributed by atoms with Crippen LogP contribution in [0.1, 0.15) is 0 Å². The molecule has 0 spiro atoms. The minimum atomic E-state index is -2.53. The summed E-state index contributed by atoms with van der Waals surface area (Å²) in [7, 11) is -3.92. The van der Waals surface area contributed by atoms with Crippen LogP contribution in [0.2, 0.25) is 19.6 Å². The van der Waals surface area contributed by atoms with E-state index in [1.54, 1.807) is 0 Å². The molecular weight excluding hydrogens is 439 g/mol. The molecule has 32 heavy (non-hydrogen) atoms. The lowest BCUT2D eigenvalue weighted by molar-refractivity contribution is 1.53. The molecule has 0 aliphatic heterocycles. The third-order valence-electron chi connectivity index (χ3n) is 6.20. The summed E-state index contributed by atoms with van der Waals surface area (Å²) in [4.78, 5) is 5.33. The predicted molar refractivity (Wildman–Crippen MR) is 146 cm³/mol. The Morgan fingerprint density at radius 3 is 1.47 bits per heavy atom. The van der Waals surface area contributed by atoms with Gasteiger partial charge in [0.05, 0.1) is 22.9 Å². The van der Waals surface area contributed by atoms with E-state index in [-0.39, 0.29) is 0 Å². The summed E-state index contributed by atoms with van der Waals surface area (Å²) in [6, 6.07) is 40.1. The number of aromatic nitrogens is 1. The summed E-state index contributed by atoms with van der Waals surface area (Å²) in [6.45, 7) is 7.23. The van der Waals surface area contributed by atoms with Crippen LogP contribution in [0.4, 0.5) is 0 Å². The molecule has 0 saturated carbocycles. The van der Waals surface area contributed by atoms with Gasteiger partial charge in [-0.3, -0.25) is 0 Å². The van der Waals surface area contributed by atoms with Crippen LogP contribution in [-0.4, -0.2) is 21.1 Å². The monoisotopic (exact) mass is 465 g/mol. The number of thiazole rings is 1. The highest BCUT2D eigenvalue weighted by Gasteiger charge is 2.44. The van der Waals surface area contributed by atoms with Crippen LogP contribution in [-0.2, 0) is 0 Å². The summed E-state index contributed by atoms with van der Waals surface area (Å²) in [5.74, 6) is 0. The third kappa shape index (κ3) is 3.58. The standard InChI is InChI=1S/C28H27NSSi2/c1-31(2,3)25-19-20-26-27(21-25)30-28(29-26)32(22-13-7-4-8-14-22,23-15-9-5-10-16-23)24-17-11-6-12-18-24/h4-21H,1-3H3. The highest BCUT2D eigenvalue weighted by atomic mass is 32.1. The largest absolute Gasteiger partial charge is 0.245 e. The molecular formula is C28H27NSSi2.